The number of nitrogens with zero attached hydrogens (tertiary/aromatic N) is 6. The lowest BCUT2D eigenvalue weighted by Crippen LogP contribution is -2.39. The Morgan fingerprint density at radius 2 is 1.80 bits per heavy atom. The fraction of sp³-hybridized carbons (Fsp3) is 0.231. The molecule has 3 aliphatic rings. The van der Waals surface area contributed by atoms with E-state index in [1.165, 1.54) is 4.90 Å². The summed E-state index contributed by atoms with van der Waals surface area (Å²) >= 11 is 0. The van der Waals surface area contributed by atoms with Crippen LogP contribution in [0.5, 0.6) is 0 Å². The second-order valence-electron chi connectivity index (χ2n) is 8.90. The van der Waals surface area contributed by atoms with E-state index in [9.17, 15) is 14.7 Å². The van der Waals surface area contributed by atoms with Crippen molar-refractivity contribution in [3.63, 3.8) is 0 Å². The molecule has 1 saturated heterocycles. The summed E-state index contributed by atoms with van der Waals surface area (Å²) in [4.78, 5) is 26.1. The fourth-order valence-electron chi connectivity index (χ4n) is 4.95. The molecule has 0 aliphatic carbocycles. The van der Waals surface area contributed by atoms with E-state index < -0.39 is 6.09 Å². The monoisotopic (exact) mass is 468 g/mol. The Hall–Kier alpha value is -4.40. The van der Waals surface area contributed by atoms with Gasteiger partial charge in [0.1, 0.15) is 5.69 Å². The number of likely N-dealkylation sites (tertiary alicyclic amines) is 1. The Labute approximate surface area is 200 Å². The predicted molar refractivity (Wildman–Crippen MR) is 131 cm³/mol. The van der Waals surface area contributed by atoms with Crippen molar-refractivity contribution < 1.29 is 9.90 Å². The number of fused-ring (bicyclic) bond motifs is 3. The highest BCUT2D eigenvalue weighted by Crippen LogP contribution is 2.30. The average molecular weight is 469 g/mol. The molecular formula is C26H24N6O3. The van der Waals surface area contributed by atoms with E-state index in [0.29, 0.717) is 43.7 Å². The number of amides is 1. The van der Waals surface area contributed by atoms with Gasteiger partial charge >= 0.3 is 6.09 Å². The van der Waals surface area contributed by atoms with Crippen molar-refractivity contribution in [2.24, 2.45) is 0 Å². The number of hydrogen-bond donors (Lipinski definition) is 1. The molecule has 4 heterocycles. The van der Waals surface area contributed by atoms with Crippen molar-refractivity contribution in [2.45, 2.75) is 25.4 Å². The first kappa shape index (κ1) is 21.2. The standard InChI is InChI=1S/C26H24N6O3/c33-25-22-17-30(16-18-6-8-19(9-7-18)31-13-3-12-27-31)23-5-2-1-4-21(23)24(22)28-32(25)20-10-14-29(15-11-20)26(34)35/h1-9,12-13,17,20H,10-11,14-16H2,(H,34,35). The first-order valence-electron chi connectivity index (χ1n) is 11.7. The van der Waals surface area contributed by atoms with Gasteiger partial charge in [0, 0.05) is 43.6 Å². The molecule has 9 heteroatoms. The number of para-hydroxylation sites is 1. The molecule has 1 N–H and O–H groups in total. The second-order valence-corrected chi connectivity index (χ2v) is 8.90. The van der Waals surface area contributed by atoms with Gasteiger partial charge in [-0.05, 0) is 42.7 Å². The summed E-state index contributed by atoms with van der Waals surface area (Å²) in [6.07, 6.45) is 5.80. The van der Waals surface area contributed by atoms with Crippen LogP contribution in [0.2, 0.25) is 0 Å². The number of rotatable bonds is 4. The number of carbonyl (C=O) groups is 1. The van der Waals surface area contributed by atoms with Crippen LogP contribution in [0.1, 0.15) is 24.4 Å². The minimum atomic E-state index is -0.916. The van der Waals surface area contributed by atoms with Crippen molar-refractivity contribution in [3.05, 3.63) is 89.1 Å². The van der Waals surface area contributed by atoms with Gasteiger partial charge in [-0.1, -0.05) is 30.3 Å². The first-order chi connectivity index (χ1) is 17.1. The Morgan fingerprint density at radius 3 is 2.51 bits per heavy atom. The van der Waals surface area contributed by atoms with Crippen molar-refractivity contribution in [1.29, 1.82) is 0 Å². The molecular weight excluding hydrogens is 444 g/mol. The largest absolute Gasteiger partial charge is 0.465 e. The Morgan fingerprint density at radius 1 is 1.03 bits per heavy atom. The molecule has 0 spiro atoms. The maximum absolute atomic E-state index is 13.4. The summed E-state index contributed by atoms with van der Waals surface area (Å²) in [6, 6.07) is 18.0. The third-order valence-corrected chi connectivity index (χ3v) is 6.79. The van der Waals surface area contributed by atoms with Gasteiger partial charge in [0.2, 0.25) is 0 Å². The number of hydrogen-bond acceptors (Lipinski definition) is 4. The molecule has 1 aromatic heterocycles. The quantitative estimate of drug-likeness (QED) is 0.432. The minimum Gasteiger partial charge on any atom is -0.465 e. The Kier molecular flexibility index (Phi) is 5.09. The molecule has 176 valence electrons. The second kappa shape index (κ2) is 8.43. The van der Waals surface area contributed by atoms with Crippen LogP contribution in [0.3, 0.4) is 0 Å². The summed E-state index contributed by atoms with van der Waals surface area (Å²) in [5.74, 6) is 0. The van der Waals surface area contributed by atoms with E-state index in [2.05, 4.69) is 21.8 Å². The lowest BCUT2D eigenvalue weighted by Gasteiger charge is -2.29. The summed E-state index contributed by atoms with van der Waals surface area (Å²) in [5.41, 5.74) is 4.25. The van der Waals surface area contributed by atoms with Crippen molar-refractivity contribution in [1.82, 2.24) is 29.0 Å². The number of pyridine rings is 1. The van der Waals surface area contributed by atoms with Crippen LogP contribution in [0.15, 0.2) is 78.0 Å². The molecule has 3 aromatic rings. The van der Waals surface area contributed by atoms with Gasteiger partial charge in [-0.3, -0.25) is 4.79 Å². The molecule has 0 unspecified atom stereocenters. The van der Waals surface area contributed by atoms with Crippen molar-refractivity contribution >= 4 is 17.0 Å². The van der Waals surface area contributed by atoms with Gasteiger partial charge in [0.05, 0.1) is 22.8 Å². The van der Waals surface area contributed by atoms with E-state index in [1.54, 1.807) is 10.9 Å². The van der Waals surface area contributed by atoms with Gasteiger partial charge in [-0.2, -0.15) is 10.2 Å². The molecule has 0 bridgehead atoms. The summed E-state index contributed by atoms with van der Waals surface area (Å²) in [5, 5.41) is 19.2. The number of carboxylic acid groups (broad SMARTS) is 1. The van der Waals surface area contributed by atoms with Crippen molar-refractivity contribution in [2.75, 3.05) is 13.1 Å². The van der Waals surface area contributed by atoms with Crippen LogP contribution >= 0.6 is 0 Å². The smallest absolute Gasteiger partial charge is 0.407 e. The average Bonchev–Trinajstić information content (AvgIpc) is 3.54. The molecule has 1 fully saturated rings. The SMILES string of the molecule is O=C(O)N1CCC(n2nc3c4ccccc4n(Cc4ccc(-n5cccn5)cc4)cc-3c2=O)CC1. The van der Waals surface area contributed by atoms with Gasteiger partial charge in [-0.25, -0.2) is 14.2 Å². The highest BCUT2D eigenvalue weighted by Gasteiger charge is 2.28. The summed E-state index contributed by atoms with van der Waals surface area (Å²) in [6.45, 7) is 1.42. The van der Waals surface area contributed by atoms with Crippen LogP contribution in [0.25, 0.3) is 27.8 Å². The Balaban J connectivity index is 1.37. The molecule has 0 radical (unpaired) electrons. The minimum absolute atomic E-state index is 0.104. The van der Waals surface area contributed by atoms with E-state index in [4.69, 9.17) is 5.10 Å². The number of benzene rings is 2. The van der Waals surface area contributed by atoms with E-state index >= 15 is 0 Å². The first-order valence-corrected chi connectivity index (χ1v) is 11.7. The maximum Gasteiger partial charge on any atom is 0.407 e. The van der Waals surface area contributed by atoms with Crippen LogP contribution in [0, 0.1) is 0 Å². The van der Waals surface area contributed by atoms with E-state index in [1.807, 2.05) is 59.5 Å². The van der Waals surface area contributed by atoms with Gasteiger partial charge in [-0.15, -0.1) is 0 Å². The van der Waals surface area contributed by atoms with Crippen LogP contribution < -0.4 is 5.56 Å². The predicted octanol–water partition coefficient (Wildman–Crippen LogP) is 3.85. The molecule has 3 aliphatic heterocycles. The zero-order chi connectivity index (χ0) is 23.9. The van der Waals surface area contributed by atoms with Gasteiger partial charge in [0.25, 0.3) is 5.56 Å². The Bertz CT molecular complexity index is 1530. The fourth-order valence-corrected chi connectivity index (χ4v) is 4.95. The molecule has 1 amide bonds. The lowest BCUT2D eigenvalue weighted by molar-refractivity contribution is 0.123. The molecule has 35 heavy (non-hydrogen) atoms. The van der Waals surface area contributed by atoms with E-state index in [-0.39, 0.29) is 11.6 Å². The topological polar surface area (TPSA) is 98.2 Å². The highest BCUT2D eigenvalue weighted by atomic mass is 16.4. The third kappa shape index (κ3) is 3.74. The van der Waals surface area contributed by atoms with Gasteiger partial charge < -0.3 is 14.6 Å². The van der Waals surface area contributed by atoms with Gasteiger partial charge in [0.15, 0.2) is 0 Å². The van der Waals surface area contributed by atoms with Crippen LogP contribution in [-0.4, -0.2) is 53.3 Å². The zero-order valence-electron chi connectivity index (χ0n) is 19.0. The molecule has 0 atom stereocenters. The summed E-state index contributed by atoms with van der Waals surface area (Å²) < 4.78 is 5.48. The number of aromatic nitrogens is 5. The molecule has 2 aromatic carbocycles. The molecule has 9 nitrogen and oxygen atoms in total. The molecule has 6 rings (SSSR count). The van der Waals surface area contributed by atoms with Crippen LogP contribution in [0.4, 0.5) is 4.79 Å². The molecule has 0 saturated carbocycles. The van der Waals surface area contributed by atoms with Crippen molar-refractivity contribution in [3.8, 4) is 16.9 Å². The van der Waals surface area contributed by atoms with E-state index in [0.717, 1.165) is 22.2 Å². The lowest BCUT2D eigenvalue weighted by atomic mass is 10.1. The zero-order valence-corrected chi connectivity index (χ0v) is 19.0. The highest BCUT2D eigenvalue weighted by molar-refractivity contribution is 5.93. The summed E-state index contributed by atoms with van der Waals surface area (Å²) in [7, 11) is 0. The van der Waals surface area contributed by atoms with Crippen LogP contribution in [-0.2, 0) is 6.54 Å². The third-order valence-electron chi connectivity index (χ3n) is 6.79. The maximum atomic E-state index is 13.4. The number of piperidine rings is 1. The normalized spacial score (nSPS) is 14.7.